The van der Waals surface area contributed by atoms with Gasteiger partial charge in [-0.2, -0.15) is 5.26 Å². The lowest BCUT2D eigenvalue weighted by Gasteiger charge is -2.01. The molecule has 1 atom stereocenters. The molecular weight excluding hydrogens is 291 g/mol. The van der Waals surface area contributed by atoms with Gasteiger partial charge in [0.1, 0.15) is 19.8 Å². The molecule has 0 aromatic heterocycles. The summed E-state index contributed by atoms with van der Waals surface area (Å²) in [5, 5.41) is 15.8. The molecule has 3 N–H and O–H groups in total. The number of carbonyl (C=O) groups is 2. The molecule has 0 rings (SSSR count). The Morgan fingerprint density at radius 1 is 1.45 bits per heavy atom. The van der Waals surface area contributed by atoms with Gasteiger partial charge in [-0.05, 0) is 13.8 Å². The number of urea groups is 1. The molecule has 10 nitrogen and oxygen atoms in total. The summed E-state index contributed by atoms with van der Waals surface area (Å²) in [6, 6.07) is 0.799. The monoisotopic (exact) mass is 307 g/mol. The Morgan fingerprint density at radius 3 is 2.35 bits per heavy atom. The van der Waals surface area contributed by atoms with Gasteiger partial charge in [0, 0.05) is 11.1 Å². The maximum absolute atomic E-state index is 11.0. The van der Waals surface area contributed by atoms with E-state index < -0.39 is 25.9 Å². The predicted octanol–water partition coefficient (Wildman–Crippen LogP) is 0.0307. The van der Waals surface area contributed by atoms with Crippen molar-refractivity contribution >= 4 is 25.9 Å². The first kappa shape index (κ1) is 20.2. The van der Waals surface area contributed by atoms with E-state index in [1.54, 1.807) is 13.8 Å². The smallest absolute Gasteiger partial charge is 0.398 e. The molecule has 0 fully saturated rings. The Kier molecular flexibility index (Phi) is 13.5. The molecule has 0 aromatic carbocycles. The van der Waals surface area contributed by atoms with Gasteiger partial charge < -0.3 is 10.2 Å². The Labute approximate surface area is 116 Å². The number of nitriles is 1. The van der Waals surface area contributed by atoms with Gasteiger partial charge in [0.25, 0.3) is 5.91 Å². The zero-order chi connectivity index (χ0) is 16.0. The zero-order valence-corrected chi connectivity index (χ0v) is 12.1. The third-order valence-electron chi connectivity index (χ3n) is 1.31. The van der Waals surface area contributed by atoms with Crippen molar-refractivity contribution in [3.05, 3.63) is 0 Å². The number of nitrogens with one attached hydrogen (secondary N) is 2. The Balaban J connectivity index is 0. The minimum absolute atomic E-state index is 0.297. The first-order valence-electron chi connectivity index (χ1n) is 5.32. The molecule has 0 aliphatic carbocycles. The highest BCUT2D eigenvalue weighted by Gasteiger charge is 2.14. The van der Waals surface area contributed by atoms with Crippen LogP contribution in [-0.2, 0) is 18.7 Å². The van der Waals surface area contributed by atoms with Gasteiger partial charge in [0.2, 0.25) is 5.71 Å². The van der Waals surface area contributed by atoms with Crippen LogP contribution >= 0.6 is 8.25 Å². The summed E-state index contributed by atoms with van der Waals surface area (Å²) in [5.41, 5.74) is -0.515. The predicted molar refractivity (Wildman–Crippen MR) is 68.7 cm³/mol. The number of hydrogen-bond acceptors (Lipinski definition) is 7. The lowest BCUT2D eigenvalue weighted by Crippen LogP contribution is -2.42. The van der Waals surface area contributed by atoms with E-state index in [1.807, 2.05) is 5.32 Å². The number of nitrogens with zero attached hydrogens (tertiary/aromatic N) is 2. The van der Waals surface area contributed by atoms with Gasteiger partial charge in [-0.3, -0.25) is 10.1 Å². The summed E-state index contributed by atoms with van der Waals surface area (Å²) in [7, 11) is -1.16. The molecule has 0 aliphatic rings. The number of rotatable bonds is 5. The molecule has 112 valence electrons. The normalized spacial score (nSPS) is 10.3. The van der Waals surface area contributed by atoms with Crippen LogP contribution < -0.4 is 10.6 Å². The number of hydrogen-bond donors (Lipinski definition) is 3. The van der Waals surface area contributed by atoms with E-state index in [4.69, 9.17) is 10.2 Å². The van der Waals surface area contributed by atoms with Crippen molar-refractivity contribution in [2.45, 2.75) is 13.8 Å². The molecule has 0 saturated carbocycles. The second kappa shape index (κ2) is 13.4. The fraction of sp³-hybridized carbons (Fsp3) is 0.556. The first-order chi connectivity index (χ1) is 9.42. The molecular formula is C9H16N4O6P+. The zero-order valence-electron chi connectivity index (χ0n) is 11.2. The third kappa shape index (κ3) is 12.4. The fourth-order valence-corrected chi connectivity index (χ4v) is 0.902. The minimum atomic E-state index is -2.35. The van der Waals surface area contributed by atoms with Crippen molar-refractivity contribution in [3.63, 3.8) is 0 Å². The first-order valence-corrected chi connectivity index (χ1v) is 6.45. The van der Waals surface area contributed by atoms with E-state index in [1.165, 1.54) is 13.2 Å². The highest BCUT2D eigenvalue weighted by molar-refractivity contribution is 7.32. The quantitative estimate of drug-likeness (QED) is 0.368. The van der Waals surface area contributed by atoms with E-state index in [0.717, 1.165) is 0 Å². The Bertz CT molecular complexity index is 406. The molecule has 11 heteroatoms. The third-order valence-corrected chi connectivity index (χ3v) is 1.79. The highest BCUT2D eigenvalue weighted by Crippen LogP contribution is 2.12. The number of carbonyl (C=O) groups excluding carboxylic acids is 2. The molecule has 3 amide bonds. The lowest BCUT2D eigenvalue weighted by atomic mass is 10.4. The maximum Gasteiger partial charge on any atom is 0.694 e. The summed E-state index contributed by atoms with van der Waals surface area (Å²) in [6.07, 6.45) is 0. The topological polar surface area (TPSA) is 150 Å². The molecule has 1 unspecified atom stereocenters. The van der Waals surface area contributed by atoms with Gasteiger partial charge in [-0.1, -0.05) is 5.16 Å². The number of imide groups is 1. The van der Waals surface area contributed by atoms with E-state index in [0.29, 0.717) is 13.2 Å². The van der Waals surface area contributed by atoms with Crippen molar-refractivity contribution in [1.29, 1.82) is 5.26 Å². The molecule has 0 aromatic rings. The van der Waals surface area contributed by atoms with Gasteiger partial charge >= 0.3 is 14.3 Å². The summed E-state index contributed by atoms with van der Waals surface area (Å²) < 4.78 is 13.6. The van der Waals surface area contributed by atoms with Crippen LogP contribution in [0.3, 0.4) is 0 Å². The summed E-state index contributed by atoms with van der Waals surface area (Å²) in [5.74, 6) is -0.903. The van der Waals surface area contributed by atoms with Crippen molar-refractivity contribution in [3.8, 4) is 6.07 Å². The average Bonchev–Trinajstić information content (AvgIpc) is 2.36. The SMILES string of the molecule is CCNC(=O)NC(=O)/C(C#N)=N/OC.CCO[P+](=O)O. The van der Waals surface area contributed by atoms with Crippen molar-refractivity contribution < 1.29 is 28.4 Å². The number of amides is 3. The molecule has 0 radical (unpaired) electrons. The number of oxime groups is 1. The largest absolute Gasteiger partial charge is 0.694 e. The van der Waals surface area contributed by atoms with Crippen LogP contribution in [0.15, 0.2) is 5.16 Å². The van der Waals surface area contributed by atoms with Crippen LogP contribution in [-0.4, -0.2) is 42.8 Å². The van der Waals surface area contributed by atoms with E-state index in [9.17, 15) is 14.2 Å². The maximum atomic E-state index is 11.0. The van der Waals surface area contributed by atoms with Crippen LogP contribution in [0, 0.1) is 11.3 Å². The van der Waals surface area contributed by atoms with Gasteiger partial charge in [-0.25, -0.2) is 4.79 Å². The molecule has 0 saturated heterocycles. The van der Waals surface area contributed by atoms with E-state index in [2.05, 4.69) is 19.8 Å². The Morgan fingerprint density at radius 2 is 2.05 bits per heavy atom. The standard InChI is InChI=1S/C7H10N4O3.C2H5O3P/c1-3-9-7(13)10-6(12)5(4-8)11-14-2;1-2-5-6(3)4/h3H2,1-2H3,(H2,9,10,12,13);2H2,1H3/p+1/b11-5+;. The van der Waals surface area contributed by atoms with Gasteiger partial charge in [-0.15, -0.1) is 9.42 Å². The molecule has 20 heavy (non-hydrogen) atoms. The van der Waals surface area contributed by atoms with E-state index >= 15 is 0 Å². The highest BCUT2D eigenvalue weighted by atomic mass is 31.1. The van der Waals surface area contributed by atoms with Crippen LogP contribution in [0.4, 0.5) is 4.79 Å². The molecule has 0 aliphatic heterocycles. The van der Waals surface area contributed by atoms with Crippen LogP contribution in [0.25, 0.3) is 0 Å². The van der Waals surface area contributed by atoms with Crippen LogP contribution in [0.1, 0.15) is 13.8 Å². The van der Waals surface area contributed by atoms with Crippen molar-refractivity contribution in [1.82, 2.24) is 10.6 Å². The summed E-state index contributed by atoms with van der Waals surface area (Å²) >= 11 is 0. The molecule has 0 bridgehead atoms. The second-order valence-electron chi connectivity index (χ2n) is 2.70. The van der Waals surface area contributed by atoms with Crippen molar-refractivity contribution in [2.75, 3.05) is 20.3 Å². The van der Waals surface area contributed by atoms with Crippen LogP contribution in [0.2, 0.25) is 0 Å². The van der Waals surface area contributed by atoms with Crippen LogP contribution in [0.5, 0.6) is 0 Å². The van der Waals surface area contributed by atoms with Gasteiger partial charge in [0.05, 0.1) is 0 Å². The fourth-order valence-electron chi connectivity index (χ4n) is 0.681. The van der Waals surface area contributed by atoms with Gasteiger partial charge in [0.15, 0.2) is 0 Å². The lowest BCUT2D eigenvalue weighted by molar-refractivity contribution is -0.113. The van der Waals surface area contributed by atoms with E-state index in [-0.39, 0.29) is 0 Å². The minimum Gasteiger partial charge on any atom is -0.398 e. The van der Waals surface area contributed by atoms with Crippen molar-refractivity contribution in [2.24, 2.45) is 5.16 Å². The average molecular weight is 307 g/mol. The summed E-state index contributed by atoms with van der Waals surface area (Å²) in [4.78, 5) is 33.9. The molecule has 0 heterocycles. The molecule has 0 spiro atoms. The second-order valence-corrected chi connectivity index (χ2v) is 3.44. The Hall–Kier alpha value is -2.08. The summed E-state index contributed by atoms with van der Waals surface area (Å²) in [6.45, 7) is 4.02.